The second-order valence-electron chi connectivity index (χ2n) is 9.01. The molecule has 0 bridgehead atoms. The minimum Gasteiger partial charge on any atom is -0.493 e. The number of rotatable bonds is 11. The number of nitrogens with zero attached hydrogens (tertiary/aromatic N) is 1. The van der Waals surface area contributed by atoms with Crippen molar-refractivity contribution < 1.29 is 28.4 Å². The average Bonchev–Trinajstić information content (AvgIpc) is 3.41. The van der Waals surface area contributed by atoms with Gasteiger partial charge in [-0.05, 0) is 62.4 Å². The normalized spacial score (nSPS) is 11.8. The molecule has 0 fully saturated rings. The first kappa shape index (κ1) is 29.9. The highest BCUT2D eigenvalue weighted by Gasteiger charge is 2.19. The Morgan fingerprint density at radius 2 is 1.67 bits per heavy atom. The van der Waals surface area contributed by atoms with E-state index in [4.69, 9.17) is 14.0 Å². The Kier molecular flexibility index (Phi) is 10.0. The van der Waals surface area contributed by atoms with E-state index >= 15 is 0 Å². The number of hydrogen-bond acceptors (Lipinski definition) is 8. The largest absolute Gasteiger partial charge is 0.493 e. The second kappa shape index (κ2) is 14.0. The second-order valence-corrected chi connectivity index (χ2v) is 10.4. The van der Waals surface area contributed by atoms with Gasteiger partial charge in [0.15, 0.2) is 17.3 Å². The number of aryl methyl sites for hydroxylation is 1. The molecule has 1 atom stereocenters. The zero-order chi connectivity index (χ0) is 30.1. The van der Waals surface area contributed by atoms with Gasteiger partial charge >= 0.3 is 0 Å². The van der Waals surface area contributed by atoms with E-state index in [2.05, 4.69) is 21.1 Å². The van der Waals surface area contributed by atoms with Crippen molar-refractivity contribution in [2.45, 2.75) is 24.0 Å². The summed E-state index contributed by atoms with van der Waals surface area (Å²) in [5, 5.41) is 11.6. The van der Waals surface area contributed by atoms with Crippen molar-refractivity contribution in [3.05, 3.63) is 101 Å². The molecule has 1 aromatic heterocycles. The van der Waals surface area contributed by atoms with Crippen LogP contribution in [0.5, 0.6) is 11.5 Å². The summed E-state index contributed by atoms with van der Waals surface area (Å²) in [6.45, 7) is 3.52. The Bertz CT molecular complexity index is 1580. The molecule has 1 heterocycles. The summed E-state index contributed by atoms with van der Waals surface area (Å²) in [5.74, 6) is 0.646. The molecule has 3 N–H and O–H groups in total. The Balaban J connectivity index is 1.50. The molecule has 11 heteroatoms. The Labute approximate surface area is 247 Å². The van der Waals surface area contributed by atoms with Gasteiger partial charge in [0.2, 0.25) is 5.91 Å². The van der Waals surface area contributed by atoms with Crippen LogP contribution >= 0.6 is 11.8 Å². The van der Waals surface area contributed by atoms with Crippen molar-refractivity contribution in [2.75, 3.05) is 24.9 Å². The maximum atomic E-state index is 13.4. The molecule has 0 spiro atoms. The van der Waals surface area contributed by atoms with Crippen LogP contribution in [-0.4, -0.2) is 42.3 Å². The highest BCUT2D eigenvalue weighted by atomic mass is 32.2. The van der Waals surface area contributed by atoms with E-state index in [0.717, 1.165) is 4.90 Å². The number of amides is 3. The van der Waals surface area contributed by atoms with Crippen LogP contribution in [0.15, 0.2) is 94.0 Å². The van der Waals surface area contributed by atoms with E-state index in [1.807, 2.05) is 0 Å². The van der Waals surface area contributed by atoms with Crippen molar-refractivity contribution >= 4 is 47.1 Å². The lowest BCUT2D eigenvalue weighted by atomic mass is 10.1. The number of nitrogens with one attached hydrogen (secondary N) is 3. The lowest BCUT2D eigenvalue weighted by Gasteiger charge is -2.14. The molecule has 4 aromatic rings. The summed E-state index contributed by atoms with van der Waals surface area (Å²) in [4.78, 5) is 39.7. The quantitative estimate of drug-likeness (QED) is 0.154. The lowest BCUT2D eigenvalue weighted by molar-refractivity contribution is -0.115. The first-order chi connectivity index (χ1) is 20.3. The van der Waals surface area contributed by atoms with Gasteiger partial charge in [-0.3, -0.25) is 14.4 Å². The average molecular weight is 587 g/mol. The number of carbonyl (C=O) groups is 3. The molecule has 0 saturated carbocycles. The van der Waals surface area contributed by atoms with Crippen molar-refractivity contribution in [2.24, 2.45) is 0 Å². The Morgan fingerprint density at radius 1 is 0.929 bits per heavy atom. The summed E-state index contributed by atoms with van der Waals surface area (Å²) in [5.41, 5.74) is 1.43. The van der Waals surface area contributed by atoms with E-state index in [9.17, 15) is 14.4 Å². The highest BCUT2D eigenvalue weighted by Crippen LogP contribution is 2.32. The number of aromatic nitrogens is 1. The van der Waals surface area contributed by atoms with Gasteiger partial charge in [-0.25, -0.2) is 0 Å². The maximum absolute atomic E-state index is 13.4. The number of hydrogen-bond donors (Lipinski definition) is 3. The fourth-order valence-electron chi connectivity index (χ4n) is 3.85. The van der Waals surface area contributed by atoms with E-state index < -0.39 is 17.1 Å². The first-order valence-corrected chi connectivity index (χ1v) is 13.8. The third kappa shape index (κ3) is 7.79. The topological polar surface area (TPSA) is 132 Å². The summed E-state index contributed by atoms with van der Waals surface area (Å²) in [7, 11) is 3.01. The third-order valence-corrected chi connectivity index (χ3v) is 7.05. The molecular weight excluding hydrogens is 556 g/mol. The first-order valence-electron chi connectivity index (χ1n) is 12.9. The van der Waals surface area contributed by atoms with Crippen molar-refractivity contribution in [3.8, 4) is 11.5 Å². The van der Waals surface area contributed by atoms with Crippen LogP contribution in [0, 0.1) is 6.92 Å². The van der Waals surface area contributed by atoms with Crippen LogP contribution in [0.1, 0.15) is 28.6 Å². The summed E-state index contributed by atoms with van der Waals surface area (Å²) < 4.78 is 15.9. The number of thioether (sulfide) groups is 1. The predicted octanol–water partition coefficient (Wildman–Crippen LogP) is 5.53. The van der Waals surface area contributed by atoms with Crippen LogP contribution in [-0.2, 0) is 9.59 Å². The molecule has 1 unspecified atom stereocenters. The van der Waals surface area contributed by atoms with Crippen molar-refractivity contribution in [1.82, 2.24) is 10.5 Å². The number of para-hydroxylation sites is 1. The zero-order valence-electron chi connectivity index (χ0n) is 23.5. The SMILES string of the molecule is COc1cccc(/C=C(\NC(=O)c2ccccc2)C(=O)Nc2ccc(SC(C)C(=O)Nc3cc(C)on3)cc2)c1OC. The molecular formula is C31H30N4O6S. The van der Waals surface area contributed by atoms with Crippen molar-refractivity contribution in [1.29, 1.82) is 0 Å². The third-order valence-electron chi connectivity index (χ3n) is 5.94. The van der Waals surface area contributed by atoms with Gasteiger partial charge in [0.25, 0.3) is 11.8 Å². The molecule has 0 aliphatic carbocycles. The molecule has 216 valence electrons. The molecule has 10 nitrogen and oxygen atoms in total. The minimum absolute atomic E-state index is 0.00208. The van der Waals surface area contributed by atoms with Crippen molar-refractivity contribution in [3.63, 3.8) is 0 Å². The monoisotopic (exact) mass is 586 g/mol. The molecule has 0 aliphatic heterocycles. The van der Waals surface area contributed by atoms with Gasteiger partial charge < -0.3 is 29.9 Å². The standard InChI is InChI=1S/C31H30N4O6S/c1-19-17-27(35-41-19)34-29(36)20(2)42-24-15-13-23(14-16-24)32-31(38)25(33-30(37)21-9-6-5-7-10-21)18-22-11-8-12-26(39-3)28(22)40-4/h5-18,20H,1-4H3,(H,32,38)(H,33,37)(H,34,35,36)/b25-18-. The maximum Gasteiger partial charge on any atom is 0.272 e. The van der Waals surface area contributed by atoms with E-state index in [0.29, 0.717) is 39.9 Å². The smallest absolute Gasteiger partial charge is 0.272 e. The molecule has 0 radical (unpaired) electrons. The number of methoxy groups -OCH3 is 2. The van der Waals surface area contributed by atoms with E-state index in [1.165, 1.54) is 32.1 Å². The van der Waals surface area contributed by atoms with Gasteiger partial charge in [0.05, 0.1) is 19.5 Å². The van der Waals surface area contributed by atoms with Gasteiger partial charge in [-0.1, -0.05) is 35.5 Å². The number of ether oxygens (including phenoxy) is 2. The van der Waals surface area contributed by atoms with Gasteiger partial charge in [-0.15, -0.1) is 11.8 Å². The van der Waals surface area contributed by atoms with Crippen LogP contribution in [0.3, 0.4) is 0 Å². The summed E-state index contributed by atoms with van der Waals surface area (Å²) in [6, 6.07) is 22.5. The molecule has 42 heavy (non-hydrogen) atoms. The van der Waals surface area contributed by atoms with Gasteiger partial charge in [-0.2, -0.15) is 0 Å². The Hall–Kier alpha value is -5.03. The lowest BCUT2D eigenvalue weighted by Crippen LogP contribution is -2.30. The van der Waals surface area contributed by atoms with Crippen LogP contribution < -0.4 is 25.4 Å². The van der Waals surface area contributed by atoms with Crippen LogP contribution in [0.25, 0.3) is 6.08 Å². The minimum atomic E-state index is -0.541. The molecule has 0 saturated heterocycles. The number of anilines is 2. The van der Waals surface area contributed by atoms with E-state index in [1.54, 1.807) is 92.7 Å². The molecule has 3 amide bonds. The summed E-state index contributed by atoms with van der Waals surface area (Å²) >= 11 is 1.35. The molecule has 4 rings (SSSR count). The Morgan fingerprint density at radius 3 is 2.31 bits per heavy atom. The van der Waals surface area contributed by atoms with Crippen LogP contribution in [0.2, 0.25) is 0 Å². The fraction of sp³-hybridized carbons (Fsp3) is 0.161. The van der Waals surface area contributed by atoms with Gasteiger partial charge in [0, 0.05) is 27.8 Å². The van der Waals surface area contributed by atoms with Crippen LogP contribution in [0.4, 0.5) is 11.5 Å². The summed E-state index contributed by atoms with van der Waals surface area (Å²) in [6.07, 6.45) is 1.53. The molecule has 3 aromatic carbocycles. The van der Waals surface area contributed by atoms with Gasteiger partial charge in [0.1, 0.15) is 11.5 Å². The zero-order valence-corrected chi connectivity index (χ0v) is 24.3. The highest BCUT2D eigenvalue weighted by molar-refractivity contribution is 8.00. The van der Waals surface area contributed by atoms with E-state index in [-0.39, 0.29) is 11.6 Å². The number of benzene rings is 3. The molecule has 0 aliphatic rings. The fourth-order valence-corrected chi connectivity index (χ4v) is 4.72. The predicted molar refractivity (Wildman–Crippen MR) is 162 cm³/mol. The number of carbonyl (C=O) groups excluding carboxylic acids is 3.